The Bertz CT molecular complexity index is 354. The Labute approximate surface area is 104 Å². The van der Waals surface area contributed by atoms with Gasteiger partial charge in [0.25, 0.3) is 0 Å². The van der Waals surface area contributed by atoms with E-state index >= 15 is 0 Å². The predicted octanol–water partition coefficient (Wildman–Crippen LogP) is 4.03. The van der Waals surface area contributed by atoms with Gasteiger partial charge < -0.3 is 4.84 Å². The van der Waals surface area contributed by atoms with Gasteiger partial charge in [0.1, 0.15) is 6.61 Å². The maximum absolute atomic E-state index is 5.35. The van der Waals surface area contributed by atoms with E-state index in [-0.39, 0.29) is 0 Å². The van der Waals surface area contributed by atoms with Crippen LogP contribution < -0.4 is 0 Å². The molecule has 0 aliphatic heterocycles. The number of oxime groups is 1. The van der Waals surface area contributed by atoms with Gasteiger partial charge in [-0.3, -0.25) is 0 Å². The predicted molar refractivity (Wildman–Crippen MR) is 73.2 cm³/mol. The van der Waals surface area contributed by atoms with Crippen LogP contribution in [0.5, 0.6) is 0 Å². The highest BCUT2D eigenvalue weighted by atomic mass is 16.6. The molecule has 1 aromatic rings. The van der Waals surface area contributed by atoms with Crippen molar-refractivity contribution in [3.63, 3.8) is 0 Å². The number of unbranched alkanes of at least 4 members (excludes halogenated alkanes) is 1. The highest BCUT2D eigenvalue weighted by molar-refractivity contribution is 6.01. The van der Waals surface area contributed by atoms with Crippen molar-refractivity contribution in [2.75, 3.05) is 6.61 Å². The third-order valence-electron chi connectivity index (χ3n) is 2.42. The molecule has 0 fully saturated rings. The molecule has 0 saturated carbocycles. The van der Waals surface area contributed by atoms with Crippen LogP contribution in [0.1, 0.15) is 32.3 Å². The molecule has 2 heteroatoms. The fourth-order valence-corrected chi connectivity index (χ4v) is 1.51. The van der Waals surface area contributed by atoms with E-state index in [9.17, 15) is 0 Å². The van der Waals surface area contributed by atoms with Gasteiger partial charge in [-0.25, -0.2) is 0 Å². The van der Waals surface area contributed by atoms with Crippen molar-refractivity contribution in [3.8, 4) is 0 Å². The molecule has 0 aromatic heterocycles. The van der Waals surface area contributed by atoms with Crippen LogP contribution in [0, 0.1) is 5.92 Å². The first-order chi connectivity index (χ1) is 8.25. The average Bonchev–Trinajstić information content (AvgIpc) is 2.34. The monoisotopic (exact) mass is 231 g/mol. The lowest BCUT2D eigenvalue weighted by molar-refractivity contribution is 0.141. The second kappa shape index (κ2) is 7.66. The number of hydrogen-bond acceptors (Lipinski definition) is 2. The molecule has 0 heterocycles. The molecule has 0 unspecified atom stereocenters. The zero-order valence-corrected chi connectivity index (χ0v) is 10.7. The molecule has 92 valence electrons. The fraction of sp³-hybridized carbons (Fsp3) is 0.400. The second-order valence-electron chi connectivity index (χ2n) is 4.26. The zero-order chi connectivity index (χ0) is 12.5. The topological polar surface area (TPSA) is 21.6 Å². The summed E-state index contributed by atoms with van der Waals surface area (Å²) in [7, 11) is 0. The number of benzene rings is 1. The van der Waals surface area contributed by atoms with Gasteiger partial charge in [-0.05, 0) is 24.3 Å². The van der Waals surface area contributed by atoms with Crippen LogP contribution in [-0.4, -0.2) is 12.3 Å². The summed E-state index contributed by atoms with van der Waals surface area (Å²) in [6.45, 7) is 8.57. The van der Waals surface area contributed by atoms with Crippen molar-refractivity contribution in [2.45, 2.75) is 26.7 Å². The Morgan fingerprint density at radius 3 is 2.65 bits per heavy atom. The normalized spacial score (nSPS) is 11.6. The number of allylic oxidation sites excluding steroid dienone is 1. The third kappa shape index (κ3) is 4.85. The summed E-state index contributed by atoms with van der Waals surface area (Å²) >= 11 is 0. The molecule has 0 atom stereocenters. The number of rotatable bonds is 7. The molecule has 0 radical (unpaired) electrons. The Balaban J connectivity index is 2.60. The zero-order valence-electron chi connectivity index (χ0n) is 10.7. The van der Waals surface area contributed by atoms with Crippen molar-refractivity contribution in [2.24, 2.45) is 11.1 Å². The fourth-order valence-electron chi connectivity index (χ4n) is 1.51. The van der Waals surface area contributed by atoms with E-state index in [0.29, 0.717) is 12.5 Å². The minimum Gasteiger partial charge on any atom is -0.396 e. The molecule has 17 heavy (non-hydrogen) atoms. The minimum atomic E-state index is 0.358. The van der Waals surface area contributed by atoms with Gasteiger partial charge in [-0.15, -0.1) is 6.58 Å². The highest BCUT2D eigenvalue weighted by Gasteiger charge is 2.08. The first kappa shape index (κ1) is 13.5. The maximum Gasteiger partial charge on any atom is 0.117 e. The molecule has 0 amide bonds. The largest absolute Gasteiger partial charge is 0.396 e. The van der Waals surface area contributed by atoms with Gasteiger partial charge in [-0.1, -0.05) is 55.4 Å². The average molecular weight is 231 g/mol. The lowest BCUT2D eigenvalue weighted by Gasteiger charge is -2.09. The number of nitrogens with zero attached hydrogens (tertiary/aromatic N) is 1. The van der Waals surface area contributed by atoms with E-state index in [1.54, 1.807) is 0 Å². The van der Waals surface area contributed by atoms with Gasteiger partial charge in [0.05, 0.1) is 5.71 Å². The summed E-state index contributed by atoms with van der Waals surface area (Å²) in [6.07, 6.45) is 3.83. The van der Waals surface area contributed by atoms with Crippen LogP contribution in [0.25, 0.3) is 0 Å². The summed E-state index contributed by atoms with van der Waals surface area (Å²) < 4.78 is 0. The number of hydrogen-bond donors (Lipinski definition) is 0. The first-order valence-electron chi connectivity index (χ1n) is 6.12. The molecular weight excluding hydrogens is 210 g/mol. The van der Waals surface area contributed by atoms with Crippen molar-refractivity contribution < 1.29 is 4.84 Å². The van der Waals surface area contributed by atoms with E-state index < -0.39 is 0 Å². The maximum atomic E-state index is 5.35. The summed E-state index contributed by atoms with van der Waals surface area (Å²) in [5, 5.41) is 4.25. The van der Waals surface area contributed by atoms with Gasteiger partial charge >= 0.3 is 0 Å². The summed E-state index contributed by atoms with van der Waals surface area (Å²) in [5.74, 6) is 0.358. The standard InChI is InChI=1S/C15H21NO/c1-4-5-9-12-17-16-15(13(2)3)14-10-7-6-8-11-14/h4,6-8,10-11,13H,1,5,9,12H2,2-3H3/b16-15-. The molecule has 2 nitrogen and oxygen atoms in total. The van der Waals surface area contributed by atoms with Crippen molar-refractivity contribution in [1.82, 2.24) is 0 Å². The molecule has 0 bridgehead atoms. The molecule has 0 aliphatic rings. The van der Waals surface area contributed by atoms with Crippen molar-refractivity contribution >= 4 is 5.71 Å². The third-order valence-corrected chi connectivity index (χ3v) is 2.42. The lowest BCUT2D eigenvalue weighted by Crippen LogP contribution is -2.10. The molecule has 1 aromatic carbocycles. The van der Waals surface area contributed by atoms with Gasteiger partial charge in [-0.2, -0.15) is 0 Å². The van der Waals surface area contributed by atoms with E-state index in [1.165, 1.54) is 0 Å². The molecule has 0 aliphatic carbocycles. The Morgan fingerprint density at radius 2 is 2.06 bits per heavy atom. The van der Waals surface area contributed by atoms with Gasteiger partial charge in [0, 0.05) is 0 Å². The molecule has 0 N–H and O–H groups in total. The molecule has 1 rings (SSSR count). The Kier molecular flexibility index (Phi) is 6.08. The van der Waals surface area contributed by atoms with Crippen LogP contribution in [-0.2, 0) is 4.84 Å². The molecule has 0 saturated heterocycles. The van der Waals surface area contributed by atoms with E-state index in [2.05, 4.69) is 37.7 Å². The van der Waals surface area contributed by atoms with Gasteiger partial charge in [0.15, 0.2) is 0 Å². The van der Waals surface area contributed by atoms with Crippen molar-refractivity contribution in [1.29, 1.82) is 0 Å². The Morgan fingerprint density at radius 1 is 1.35 bits per heavy atom. The summed E-state index contributed by atoms with van der Waals surface area (Å²) in [6, 6.07) is 10.2. The SMILES string of the molecule is C=CCCCO/N=C(\c1ccccc1)C(C)C. The summed E-state index contributed by atoms with van der Waals surface area (Å²) in [4.78, 5) is 5.35. The van der Waals surface area contributed by atoms with Gasteiger partial charge in [0.2, 0.25) is 0 Å². The van der Waals surface area contributed by atoms with Crippen LogP contribution in [0.3, 0.4) is 0 Å². The van der Waals surface area contributed by atoms with E-state index in [1.807, 2.05) is 24.3 Å². The lowest BCUT2D eigenvalue weighted by atomic mass is 10.0. The smallest absolute Gasteiger partial charge is 0.117 e. The van der Waals surface area contributed by atoms with Crippen LogP contribution in [0.2, 0.25) is 0 Å². The van der Waals surface area contributed by atoms with Crippen LogP contribution >= 0.6 is 0 Å². The van der Waals surface area contributed by atoms with E-state index in [0.717, 1.165) is 24.1 Å². The van der Waals surface area contributed by atoms with E-state index in [4.69, 9.17) is 4.84 Å². The molecule has 0 spiro atoms. The Hall–Kier alpha value is -1.57. The molecular formula is C15H21NO. The quantitative estimate of drug-likeness (QED) is 0.300. The van der Waals surface area contributed by atoms with Crippen LogP contribution in [0.4, 0.5) is 0 Å². The van der Waals surface area contributed by atoms with Crippen LogP contribution in [0.15, 0.2) is 48.1 Å². The minimum absolute atomic E-state index is 0.358. The highest BCUT2D eigenvalue weighted by Crippen LogP contribution is 2.10. The first-order valence-corrected chi connectivity index (χ1v) is 6.12. The van der Waals surface area contributed by atoms with Crippen molar-refractivity contribution in [3.05, 3.63) is 48.6 Å². The summed E-state index contributed by atoms with van der Waals surface area (Å²) in [5.41, 5.74) is 2.13. The second-order valence-corrected chi connectivity index (χ2v) is 4.26.